The van der Waals surface area contributed by atoms with E-state index in [0.717, 1.165) is 32.5 Å². The number of amides is 2. The van der Waals surface area contributed by atoms with Gasteiger partial charge >= 0.3 is 0 Å². The highest BCUT2D eigenvalue weighted by Crippen LogP contribution is 2.22. The minimum atomic E-state index is -0.00445. The Kier molecular flexibility index (Phi) is 4.47. The second-order valence-electron chi connectivity index (χ2n) is 6.16. The summed E-state index contributed by atoms with van der Waals surface area (Å²) in [5.74, 6) is 0.300. The molecule has 22 heavy (non-hydrogen) atoms. The first-order chi connectivity index (χ1) is 10.7. The zero-order valence-corrected chi connectivity index (χ0v) is 13.0. The fourth-order valence-electron chi connectivity index (χ4n) is 3.30. The Labute approximate surface area is 130 Å². The minimum absolute atomic E-state index is 0.00445. The molecule has 6 nitrogen and oxygen atoms in total. The highest BCUT2D eigenvalue weighted by Gasteiger charge is 2.33. The Morgan fingerprint density at radius 2 is 2.05 bits per heavy atom. The van der Waals surface area contributed by atoms with Crippen molar-refractivity contribution in [2.45, 2.75) is 25.8 Å². The third-order valence-corrected chi connectivity index (χ3v) is 4.68. The van der Waals surface area contributed by atoms with E-state index in [2.05, 4.69) is 12.2 Å². The van der Waals surface area contributed by atoms with Crippen molar-refractivity contribution in [2.24, 2.45) is 5.92 Å². The fraction of sp³-hybridized carbons (Fsp3) is 0.625. The summed E-state index contributed by atoms with van der Waals surface area (Å²) >= 11 is 0. The van der Waals surface area contributed by atoms with Crippen LogP contribution >= 0.6 is 0 Å². The molecule has 0 aliphatic carbocycles. The number of likely N-dealkylation sites (tertiary alicyclic amines) is 1. The number of nitrogens with zero attached hydrogens (tertiary/aromatic N) is 2. The van der Waals surface area contributed by atoms with Crippen LogP contribution in [0.2, 0.25) is 0 Å². The number of nitrogens with one attached hydrogen (secondary N) is 1. The van der Waals surface area contributed by atoms with Gasteiger partial charge in [-0.1, -0.05) is 0 Å². The molecule has 2 amide bonds. The summed E-state index contributed by atoms with van der Waals surface area (Å²) in [5, 5.41) is 3.30. The number of piperidine rings is 1. The van der Waals surface area contributed by atoms with Gasteiger partial charge in [0.15, 0.2) is 0 Å². The van der Waals surface area contributed by atoms with Crippen molar-refractivity contribution < 1.29 is 14.0 Å². The molecule has 6 heteroatoms. The molecule has 2 fully saturated rings. The smallest absolute Gasteiger partial charge is 0.257 e. The van der Waals surface area contributed by atoms with Crippen molar-refractivity contribution in [2.75, 3.05) is 32.7 Å². The van der Waals surface area contributed by atoms with E-state index < -0.39 is 0 Å². The average molecular weight is 305 g/mol. The molecule has 120 valence electrons. The standard InChI is InChI=1S/C16H23N3O3/c1-12-10-17-5-8-19(12)16(21)13-2-6-18(7-3-13)15(20)14-4-9-22-11-14/h4,9,11-13,17H,2-3,5-8,10H2,1H3/t12-/m1/s1. The van der Waals surface area contributed by atoms with Gasteiger partial charge in [-0.15, -0.1) is 0 Å². The lowest BCUT2D eigenvalue weighted by molar-refractivity contribution is -0.139. The molecule has 3 rings (SSSR count). The van der Waals surface area contributed by atoms with Gasteiger partial charge in [0.05, 0.1) is 11.8 Å². The maximum Gasteiger partial charge on any atom is 0.257 e. The molecule has 2 saturated heterocycles. The van der Waals surface area contributed by atoms with Gasteiger partial charge in [0.25, 0.3) is 5.91 Å². The predicted molar refractivity (Wildman–Crippen MR) is 81.4 cm³/mol. The van der Waals surface area contributed by atoms with Crippen molar-refractivity contribution in [1.29, 1.82) is 0 Å². The highest BCUT2D eigenvalue weighted by molar-refractivity contribution is 5.94. The molecular formula is C16H23N3O3. The van der Waals surface area contributed by atoms with Crippen LogP contribution in [-0.4, -0.2) is 60.4 Å². The molecule has 0 bridgehead atoms. The van der Waals surface area contributed by atoms with Crippen LogP contribution in [0.4, 0.5) is 0 Å². The van der Waals surface area contributed by atoms with Gasteiger partial charge in [0.1, 0.15) is 6.26 Å². The van der Waals surface area contributed by atoms with Crippen molar-refractivity contribution in [3.63, 3.8) is 0 Å². The minimum Gasteiger partial charge on any atom is -0.472 e. The average Bonchev–Trinajstić information content (AvgIpc) is 3.09. The molecule has 1 aromatic heterocycles. The van der Waals surface area contributed by atoms with E-state index in [-0.39, 0.29) is 23.8 Å². The van der Waals surface area contributed by atoms with Crippen LogP contribution in [0.25, 0.3) is 0 Å². The van der Waals surface area contributed by atoms with Crippen LogP contribution in [0.5, 0.6) is 0 Å². The van der Waals surface area contributed by atoms with Crippen molar-refractivity contribution in [3.8, 4) is 0 Å². The molecule has 0 radical (unpaired) electrons. The highest BCUT2D eigenvalue weighted by atomic mass is 16.3. The Morgan fingerprint density at radius 3 is 2.68 bits per heavy atom. The first-order valence-corrected chi connectivity index (χ1v) is 7.99. The molecule has 1 atom stereocenters. The van der Waals surface area contributed by atoms with Crippen LogP contribution in [0, 0.1) is 5.92 Å². The summed E-state index contributed by atoms with van der Waals surface area (Å²) in [6.07, 6.45) is 4.48. The van der Waals surface area contributed by atoms with E-state index in [1.165, 1.54) is 12.5 Å². The summed E-state index contributed by atoms with van der Waals surface area (Å²) in [4.78, 5) is 28.7. The zero-order chi connectivity index (χ0) is 15.5. The van der Waals surface area contributed by atoms with Crippen molar-refractivity contribution in [1.82, 2.24) is 15.1 Å². The van der Waals surface area contributed by atoms with Gasteiger partial charge < -0.3 is 19.5 Å². The monoisotopic (exact) mass is 305 g/mol. The quantitative estimate of drug-likeness (QED) is 0.883. The number of hydrogen-bond donors (Lipinski definition) is 1. The normalized spacial score (nSPS) is 23.6. The van der Waals surface area contributed by atoms with Crippen LogP contribution < -0.4 is 5.32 Å². The topological polar surface area (TPSA) is 65.8 Å². The zero-order valence-electron chi connectivity index (χ0n) is 13.0. The summed E-state index contributed by atoms with van der Waals surface area (Å²) in [6.45, 7) is 5.88. The van der Waals surface area contributed by atoms with Crippen LogP contribution in [0.15, 0.2) is 23.0 Å². The number of rotatable bonds is 2. The number of carbonyl (C=O) groups is 2. The number of hydrogen-bond acceptors (Lipinski definition) is 4. The second-order valence-corrected chi connectivity index (χ2v) is 6.16. The molecule has 2 aliphatic heterocycles. The molecule has 0 unspecified atom stereocenters. The van der Waals surface area contributed by atoms with Crippen LogP contribution in [0.3, 0.4) is 0 Å². The number of piperazine rings is 1. The summed E-state index contributed by atoms with van der Waals surface area (Å²) in [7, 11) is 0. The van der Waals surface area contributed by atoms with E-state index in [1.807, 2.05) is 9.80 Å². The van der Waals surface area contributed by atoms with Crippen LogP contribution in [-0.2, 0) is 4.79 Å². The Balaban J connectivity index is 1.55. The van der Waals surface area contributed by atoms with Gasteiger partial charge in [-0.3, -0.25) is 9.59 Å². The SMILES string of the molecule is C[C@@H]1CNCCN1C(=O)C1CCN(C(=O)c2ccoc2)CC1. The molecule has 1 N–H and O–H groups in total. The third kappa shape index (κ3) is 3.02. The molecule has 1 aromatic rings. The number of furan rings is 1. The number of carbonyl (C=O) groups excluding carboxylic acids is 2. The van der Waals surface area contributed by atoms with E-state index in [1.54, 1.807) is 6.07 Å². The molecular weight excluding hydrogens is 282 g/mol. The summed E-state index contributed by atoms with van der Waals surface area (Å²) in [5.41, 5.74) is 0.584. The second kappa shape index (κ2) is 6.52. The van der Waals surface area contributed by atoms with E-state index in [4.69, 9.17) is 4.42 Å². The molecule has 3 heterocycles. The van der Waals surface area contributed by atoms with Gasteiger partial charge in [-0.05, 0) is 25.8 Å². The van der Waals surface area contributed by atoms with E-state index in [9.17, 15) is 9.59 Å². The molecule has 2 aliphatic rings. The van der Waals surface area contributed by atoms with Crippen LogP contribution in [0.1, 0.15) is 30.1 Å². The van der Waals surface area contributed by atoms with Gasteiger partial charge in [-0.2, -0.15) is 0 Å². The van der Waals surface area contributed by atoms with E-state index >= 15 is 0 Å². The Bertz CT molecular complexity index is 521. The lowest BCUT2D eigenvalue weighted by Gasteiger charge is -2.39. The summed E-state index contributed by atoms with van der Waals surface area (Å²) in [6, 6.07) is 1.94. The largest absolute Gasteiger partial charge is 0.472 e. The Hall–Kier alpha value is -1.82. The summed E-state index contributed by atoms with van der Waals surface area (Å²) < 4.78 is 4.96. The molecule has 0 saturated carbocycles. The molecule has 0 spiro atoms. The van der Waals surface area contributed by atoms with Crippen molar-refractivity contribution >= 4 is 11.8 Å². The maximum absolute atomic E-state index is 12.6. The predicted octanol–water partition coefficient (Wildman–Crippen LogP) is 0.952. The van der Waals surface area contributed by atoms with Crippen molar-refractivity contribution in [3.05, 3.63) is 24.2 Å². The lowest BCUT2D eigenvalue weighted by Crippen LogP contribution is -2.55. The van der Waals surface area contributed by atoms with E-state index in [0.29, 0.717) is 18.7 Å². The third-order valence-electron chi connectivity index (χ3n) is 4.68. The maximum atomic E-state index is 12.6. The van der Waals surface area contributed by atoms with Gasteiger partial charge in [0, 0.05) is 44.7 Å². The first kappa shape index (κ1) is 15.1. The lowest BCUT2D eigenvalue weighted by atomic mass is 9.94. The first-order valence-electron chi connectivity index (χ1n) is 7.99. The van der Waals surface area contributed by atoms with Gasteiger partial charge in [-0.25, -0.2) is 0 Å². The van der Waals surface area contributed by atoms with Gasteiger partial charge in [0.2, 0.25) is 5.91 Å². The molecule has 0 aromatic carbocycles. The Morgan fingerprint density at radius 1 is 1.27 bits per heavy atom. The fourth-order valence-corrected chi connectivity index (χ4v) is 3.30.